The van der Waals surface area contributed by atoms with Gasteiger partial charge in [0.15, 0.2) is 17.5 Å². The summed E-state index contributed by atoms with van der Waals surface area (Å²) in [6, 6.07) is 5.77. The maximum atomic E-state index is 14.2. The molecule has 4 rings (SSSR count). The van der Waals surface area contributed by atoms with Crippen LogP contribution >= 0.6 is 0 Å². The molecule has 0 radical (unpaired) electrons. The maximum Gasteiger partial charge on any atom is 0.286 e. The summed E-state index contributed by atoms with van der Waals surface area (Å²) in [7, 11) is 0. The van der Waals surface area contributed by atoms with Crippen LogP contribution in [0.2, 0.25) is 0 Å². The van der Waals surface area contributed by atoms with Crippen LogP contribution in [0.3, 0.4) is 0 Å². The zero-order valence-electron chi connectivity index (χ0n) is 13.8. The Bertz CT molecular complexity index is 1060. The second-order valence-electron chi connectivity index (χ2n) is 5.84. The van der Waals surface area contributed by atoms with Crippen LogP contribution in [-0.4, -0.2) is 19.9 Å². The normalized spacial score (nSPS) is 12.3. The molecule has 0 unspecified atom stereocenters. The molecule has 3 heterocycles. The number of nitrogens with zero attached hydrogens (tertiary/aromatic N) is 3. The van der Waals surface area contributed by atoms with Crippen LogP contribution in [0.1, 0.15) is 18.5 Å². The summed E-state index contributed by atoms with van der Waals surface area (Å²) >= 11 is 0. The first kappa shape index (κ1) is 16.1. The number of benzene rings is 1. The number of aromatic amines is 2. The highest BCUT2D eigenvalue weighted by Gasteiger charge is 2.16. The number of halogens is 2. The molecular formula is C18H15F2N6+. The highest BCUT2D eigenvalue weighted by atomic mass is 19.1. The smallest absolute Gasteiger partial charge is 0.286 e. The lowest BCUT2D eigenvalue weighted by Gasteiger charge is -2.15. The van der Waals surface area contributed by atoms with E-state index in [9.17, 15) is 8.78 Å². The molecule has 0 fully saturated rings. The number of anilines is 1. The molecule has 3 aromatic heterocycles. The van der Waals surface area contributed by atoms with E-state index in [1.54, 1.807) is 30.9 Å². The van der Waals surface area contributed by atoms with Gasteiger partial charge in [-0.15, -0.1) is 0 Å². The molecule has 8 heteroatoms. The molecule has 0 aliphatic heterocycles. The molecule has 0 saturated carbocycles. The third-order valence-electron chi connectivity index (χ3n) is 4.10. The average molecular weight is 353 g/mol. The highest BCUT2D eigenvalue weighted by Crippen LogP contribution is 2.26. The summed E-state index contributed by atoms with van der Waals surface area (Å²) in [6.07, 6.45) is 6.19. The molecular weight excluding hydrogens is 338 g/mol. The van der Waals surface area contributed by atoms with E-state index in [1.807, 2.05) is 6.92 Å². The average Bonchev–Trinajstić information content (AvgIpc) is 3.08. The Morgan fingerprint density at radius 3 is 2.77 bits per heavy atom. The first-order valence-corrected chi connectivity index (χ1v) is 8.00. The molecule has 0 bridgehead atoms. The van der Waals surface area contributed by atoms with Gasteiger partial charge in [-0.1, -0.05) is 12.1 Å². The molecule has 26 heavy (non-hydrogen) atoms. The summed E-state index contributed by atoms with van der Waals surface area (Å²) in [5.74, 6) is -0.435. The Morgan fingerprint density at radius 2 is 1.96 bits per heavy atom. The van der Waals surface area contributed by atoms with Crippen molar-refractivity contribution < 1.29 is 13.8 Å². The van der Waals surface area contributed by atoms with Gasteiger partial charge in [0, 0.05) is 6.20 Å². The number of hydrogen-bond acceptors (Lipinski definition) is 4. The van der Waals surface area contributed by atoms with Crippen molar-refractivity contribution >= 4 is 16.9 Å². The molecule has 0 spiro atoms. The summed E-state index contributed by atoms with van der Waals surface area (Å²) in [5.41, 5.74) is 2.21. The summed E-state index contributed by atoms with van der Waals surface area (Å²) in [4.78, 5) is 18.5. The fourth-order valence-electron chi connectivity index (χ4n) is 2.72. The van der Waals surface area contributed by atoms with Gasteiger partial charge in [0.1, 0.15) is 12.0 Å². The molecule has 1 atom stereocenters. The molecule has 6 nitrogen and oxygen atoms in total. The standard InChI is InChI=1S/C18H14F2N6/c1-10(11-2-4-12(19)5-3-11)25-18-15(20)8-23-17(26-18)14-7-22-16-13(14)6-21-9-24-16/h2-10H,1H3,(H,21,22,24)(H,23,25,26)/p+1/t10-/m0/s1. The van der Waals surface area contributed by atoms with Gasteiger partial charge >= 0.3 is 0 Å². The van der Waals surface area contributed by atoms with E-state index in [-0.39, 0.29) is 17.7 Å². The van der Waals surface area contributed by atoms with Gasteiger partial charge < -0.3 is 10.3 Å². The first-order valence-electron chi connectivity index (χ1n) is 8.00. The maximum absolute atomic E-state index is 14.2. The van der Waals surface area contributed by atoms with Crippen LogP contribution in [0, 0.1) is 11.6 Å². The number of fused-ring (bicyclic) bond motifs is 1. The fraction of sp³-hybridized carbons (Fsp3) is 0.111. The van der Waals surface area contributed by atoms with E-state index in [4.69, 9.17) is 0 Å². The van der Waals surface area contributed by atoms with Crippen molar-refractivity contribution in [2.45, 2.75) is 13.0 Å². The highest BCUT2D eigenvalue weighted by molar-refractivity contribution is 5.90. The monoisotopic (exact) mass is 353 g/mol. The van der Waals surface area contributed by atoms with Gasteiger partial charge in [-0.3, -0.25) is 0 Å². The van der Waals surface area contributed by atoms with Crippen LogP contribution < -0.4 is 10.3 Å². The van der Waals surface area contributed by atoms with Crippen LogP contribution in [0.5, 0.6) is 0 Å². The van der Waals surface area contributed by atoms with Gasteiger partial charge in [0.05, 0.1) is 23.2 Å². The Kier molecular flexibility index (Phi) is 4.00. The van der Waals surface area contributed by atoms with Crippen LogP contribution in [0.4, 0.5) is 14.6 Å². The first-order chi connectivity index (χ1) is 12.6. The molecule has 0 saturated heterocycles. The van der Waals surface area contributed by atoms with E-state index in [1.165, 1.54) is 12.1 Å². The van der Waals surface area contributed by atoms with E-state index in [2.05, 4.69) is 30.2 Å². The zero-order valence-corrected chi connectivity index (χ0v) is 13.8. The number of H-pyrrole nitrogens is 2. The third-order valence-corrected chi connectivity index (χ3v) is 4.10. The van der Waals surface area contributed by atoms with Crippen molar-refractivity contribution in [3.63, 3.8) is 0 Å². The second-order valence-corrected chi connectivity index (χ2v) is 5.84. The van der Waals surface area contributed by atoms with E-state index < -0.39 is 5.82 Å². The van der Waals surface area contributed by atoms with Gasteiger partial charge in [-0.25, -0.2) is 23.7 Å². The minimum absolute atomic E-state index is 0.0778. The molecule has 0 aliphatic rings. The van der Waals surface area contributed by atoms with Crippen molar-refractivity contribution in [1.29, 1.82) is 0 Å². The van der Waals surface area contributed by atoms with Crippen molar-refractivity contribution in [3.05, 3.63) is 66.4 Å². The van der Waals surface area contributed by atoms with Crippen LogP contribution in [-0.2, 0) is 0 Å². The number of rotatable bonds is 4. The van der Waals surface area contributed by atoms with Crippen LogP contribution in [0.15, 0.2) is 49.2 Å². The van der Waals surface area contributed by atoms with E-state index >= 15 is 0 Å². The fourth-order valence-corrected chi connectivity index (χ4v) is 2.72. The minimum atomic E-state index is -0.563. The Hall–Kier alpha value is -3.42. The quantitative estimate of drug-likeness (QED) is 0.590. The molecule has 1 aromatic carbocycles. The predicted molar refractivity (Wildman–Crippen MR) is 92.1 cm³/mol. The lowest BCUT2D eigenvalue weighted by Crippen LogP contribution is -2.10. The topological polar surface area (TPSA) is 80.6 Å². The zero-order chi connectivity index (χ0) is 18.1. The Morgan fingerprint density at radius 1 is 1.15 bits per heavy atom. The minimum Gasteiger partial charge on any atom is -0.361 e. The van der Waals surface area contributed by atoms with Gasteiger partial charge in [0.2, 0.25) is 0 Å². The Labute approximate surface area is 147 Å². The van der Waals surface area contributed by atoms with Gasteiger partial charge in [0.25, 0.3) is 12.0 Å². The largest absolute Gasteiger partial charge is 0.361 e. The Balaban J connectivity index is 1.67. The molecule has 3 N–H and O–H groups in total. The summed E-state index contributed by atoms with van der Waals surface area (Å²) in [5, 5.41) is 3.82. The molecule has 4 aromatic rings. The van der Waals surface area contributed by atoms with E-state index in [0.29, 0.717) is 17.0 Å². The number of nitrogens with one attached hydrogen (secondary N) is 3. The van der Waals surface area contributed by atoms with Crippen molar-refractivity contribution in [2.75, 3.05) is 5.32 Å². The predicted octanol–water partition coefficient (Wildman–Crippen LogP) is 3.29. The van der Waals surface area contributed by atoms with E-state index in [0.717, 1.165) is 17.1 Å². The summed E-state index contributed by atoms with van der Waals surface area (Å²) < 4.78 is 27.3. The molecule has 130 valence electrons. The molecule has 0 amide bonds. The van der Waals surface area contributed by atoms with Crippen molar-refractivity contribution in [3.8, 4) is 11.4 Å². The van der Waals surface area contributed by atoms with Crippen LogP contribution in [0.25, 0.3) is 22.4 Å². The number of aromatic nitrogens is 5. The SMILES string of the molecule is C[C@H](Nc1nc(-c2c[nH]c3nc[nH+]cc23)ncc1F)c1ccc(F)cc1. The lowest BCUT2D eigenvalue weighted by atomic mass is 10.1. The summed E-state index contributed by atoms with van der Waals surface area (Å²) in [6.45, 7) is 1.85. The van der Waals surface area contributed by atoms with Crippen molar-refractivity contribution in [2.24, 2.45) is 0 Å². The lowest BCUT2D eigenvalue weighted by molar-refractivity contribution is -0.380. The van der Waals surface area contributed by atoms with Crippen molar-refractivity contribution in [1.82, 2.24) is 19.9 Å². The molecule has 0 aliphatic carbocycles. The van der Waals surface area contributed by atoms with Gasteiger partial charge in [-0.05, 0) is 29.6 Å². The third kappa shape index (κ3) is 2.97. The second kappa shape index (κ2) is 6.47. The van der Waals surface area contributed by atoms with Gasteiger partial charge in [-0.2, -0.15) is 0 Å². The number of hydrogen-bond donors (Lipinski definition) is 2.